The maximum atomic E-state index is 12.5. The maximum Gasteiger partial charge on any atom is 0.223 e. The molecule has 1 aliphatic rings. The first-order valence-corrected chi connectivity index (χ1v) is 7.98. The van der Waals surface area contributed by atoms with E-state index in [-0.39, 0.29) is 11.9 Å². The fourth-order valence-electron chi connectivity index (χ4n) is 3.28. The average Bonchev–Trinajstić information content (AvgIpc) is 2.59. The smallest absolute Gasteiger partial charge is 0.223 e. The Kier molecular flexibility index (Phi) is 4.52. The summed E-state index contributed by atoms with van der Waals surface area (Å²) in [6.45, 7) is 0. The van der Waals surface area contributed by atoms with Gasteiger partial charge in [-0.2, -0.15) is 0 Å². The Morgan fingerprint density at radius 3 is 2.95 bits per heavy atom. The lowest BCUT2D eigenvalue weighted by Gasteiger charge is -2.33. The van der Waals surface area contributed by atoms with Crippen LogP contribution in [0.4, 0.5) is 0 Å². The molecule has 1 heterocycles. The molecule has 1 aromatic carbocycles. The van der Waals surface area contributed by atoms with Gasteiger partial charge in [-0.05, 0) is 48.4 Å². The van der Waals surface area contributed by atoms with Crippen molar-refractivity contribution in [2.75, 3.05) is 7.05 Å². The van der Waals surface area contributed by atoms with E-state index in [1.54, 1.807) is 6.20 Å². The van der Waals surface area contributed by atoms with Gasteiger partial charge in [-0.25, -0.2) is 0 Å². The molecule has 3 heteroatoms. The van der Waals surface area contributed by atoms with Crippen LogP contribution in [0.1, 0.15) is 42.0 Å². The molecule has 0 radical (unpaired) electrons. The number of hydrogen-bond donors (Lipinski definition) is 0. The number of carbonyl (C=O) groups is 1. The predicted octanol–water partition coefficient (Wildman–Crippen LogP) is 3.55. The van der Waals surface area contributed by atoms with Crippen molar-refractivity contribution >= 4 is 5.91 Å². The van der Waals surface area contributed by atoms with E-state index < -0.39 is 0 Å². The summed E-state index contributed by atoms with van der Waals surface area (Å²) in [5, 5.41) is 0. The number of aryl methyl sites for hydroxylation is 2. The van der Waals surface area contributed by atoms with Gasteiger partial charge in [0.05, 0.1) is 6.04 Å². The molecule has 1 amide bonds. The molecule has 2 aromatic rings. The van der Waals surface area contributed by atoms with Gasteiger partial charge in [-0.15, -0.1) is 0 Å². The fourth-order valence-corrected chi connectivity index (χ4v) is 3.28. The zero-order chi connectivity index (χ0) is 15.4. The van der Waals surface area contributed by atoms with Gasteiger partial charge < -0.3 is 4.90 Å². The van der Waals surface area contributed by atoms with Crippen molar-refractivity contribution in [2.24, 2.45) is 0 Å². The number of fused-ring (bicyclic) bond motifs is 1. The zero-order valence-electron chi connectivity index (χ0n) is 13.0. The van der Waals surface area contributed by atoms with Crippen molar-refractivity contribution in [1.29, 1.82) is 0 Å². The summed E-state index contributed by atoms with van der Waals surface area (Å²) >= 11 is 0. The van der Waals surface area contributed by atoms with E-state index in [1.807, 2.05) is 30.3 Å². The molecule has 0 aliphatic heterocycles. The quantitative estimate of drug-likeness (QED) is 0.864. The van der Waals surface area contributed by atoms with E-state index in [2.05, 4.69) is 29.2 Å². The van der Waals surface area contributed by atoms with Gasteiger partial charge >= 0.3 is 0 Å². The molecular weight excluding hydrogens is 272 g/mol. The number of carbonyl (C=O) groups excluding carboxylic acids is 1. The first-order chi connectivity index (χ1) is 10.8. The van der Waals surface area contributed by atoms with E-state index in [1.165, 1.54) is 11.1 Å². The first-order valence-electron chi connectivity index (χ1n) is 7.98. The summed E-state index contributed by atoms with van der Waals surface area (Å²) < 4.78 is 0. The molecular formula is C19H22N2O. The highest BCUT2D eigenvalue weighted by Gasteiger charge is 2.26. The highest BCUT2D eigenvalue weighted by atomic mass is 16.2. The zero-order valence-corrected chi connectivity index (χ0v) is 13.0. The third-order valence-corrected chi connectivity index (χ3v) is 4.55. The molecule has 1 aliphatic carbocycles. The second kappa shape index (κ2) is 6.73. The number of pyridine rings is 1. The summed E-state index contributed by atoms with van der Waals surface area (Å²) in [6, 6.07) is 12.7. The number of nitrogens with zero attached hydrogens (tertiary/aromatic N) is 2. The van der Waals surface area contributed by atoms with Crippen LogP contribution >= 0.6 is 0 Å². The van der Waals surface area contributed by atoms with Crippen LogP contribution in [0.15, 0.2) is 48.8 Å². The van der Waals surface area contributed by atoms with Gasteiger partial charge in [0, 0.05) is 25.9 Å². The minimum absolute atomic E-state index is 0.213. The topological polar surface area (TPSA) is 33.2 Å². The molecule has 114 valence electrons. The summed E-state index contributed by atoms with van der Waals surface area (Å²) in [5.74, 6) is 0.213. The minimum atomic E-state index is 0.213. The van der Waals surface area contributed by atoms with E-state index in [9.17, 15) is 4.79 Å². The third kappa shape index (κ3) is 3.19. The summed E-state index contributed by atoms with van der Waals surface area (Å²) in [5.41, 5.74) is 3.84. The SMILES string of the molecule is CN(C(=O)CCc1cccnc1)C1CCCc2ccccc21. The van der Waals surface area contributed by atoms with Gasteiger partial charge in [-0.3, -0.25) is 9.78 Å². The predicted molar refractivity (Wildman–Crippen MR) is 87.4 cm³/mol. The monoisotopic (exact) mass is 294 g/mol. The maximum absolute atomic E-state index is 12.5. The molecule has 1 unspecified atom stereocenters. The molecule has 1 aromatic heterocycles. The molecule has 0 fully saturated rings. The lowest BCUT2D eigenvalue weighted by Crippen LogP contribution is -2.33. The van der Waals surface area contributed by atoms with Crippen LogP contribution in [0.25, 0.3) is 0 Å². The van der Waals surface area contributed by atoms with Crippen molar-refractivity contribution in [2.45, 2.75) is 38.1 Å². The average molecular weight is 294 g/mol. The van der Waals surface area contributed by atoms with Crippen LogP contribution in [0.5, 0.6) is 0 Å². The lowest BCUT2D eigenvalue weighted by molar-refractivity contribution is -0.132. The van der Waals surface area contributed by atoms with E-state index >= 15 is 0 Å². The first kappa shape index (κ1) is 14.8. The van der Waals surface area contributed by atoms with Gasteiger partial charge in [0.1, 0.15) is 0 Å². The normalized spacial score (nSPS) is 16.9. The number of hydrogen-bond acceptors (Lipinski definition) is 2. The van der Waals surface area contributed by atoms with E-state index in [4.69, 9.17) is 0 Å². The third-order valence-electron chi connectivity index (χ3n) is 4.55. The number of rotatable bonds is 4. The van der Waals surface area contributed by atoms with Crippen LogP contribution in [0, 0.1) is 0 Å². The van der Waals surface area contributed by atoms with Gasteiger partial charge in [0.25, 0.3) is 0 Å². The van der Waals surface area contributed by atoms with Crippen molar-refractivity contribution in [3.63, 3.8) is 0 Å². The molecule has 0 saturated carbocycles. The molecule has 0 N–H and O–H groups in total. The van der Waals surface area contributed by atoms with Gasteiger partial charge in [0.2, 0.25) is 5.91 Å². The molecule has 22 heavy (non-hydrogen) atoms. The molecule has 1 atom stereocenters. The Labute approximate surface area is 132 Å². The van der Waals surface area contributed by atoms with E-state index in [0.717, 1.165) is 31.2 Å². The number of amides is 1. The Hall–Kier alpha value is -2.16. The Morgan fingerprint density at radius 1 is 1.27 bits per heavy atom. The van der Waals surface area contributed by atoms with Crippen LogP contribution < -0.4 is 0 Å². The second-order valence-corrected chi connectivity index (χ2v) is 5.97. The standard InChI is InChI=1S/C19H22N2O/c1-21(19(22)12-11-15-6-5-13-20-14-15)18-10-4-8-16-7-2-3-9-17(16)18/h2-3,5-7,9,13-14,18H,4,8,10-12H2,1H3. The van der Waals surface area contributed by atoms with E-state index in [0.29, 0.717) is 6.42 Å². The minimum Gasteiger partial charge on any atom is -0.339 e. The van der Waals surface area contributed by atoms with Crippen LogP contribution in [-0.2, 0) is 17.6 Å². The largest absolute Gasteiger partial charge is 0.339 e. The van der Waals surface area contributed by atoms with Crippen molar-refractivity contribution in [3.05, 3.63) is 65.5 Å². The van der Waals surface area contributed by atoms with Crippen molar-refractivity contribution in [1.82, 2.24) is 9.88 Å². The summed E-state index contributed by atoms with van der Waals surface area (Å²) in [6.07, 6.45) is 8.24. The molecule has 3 nitrogen and oxygen atoms in total. The van der Waals surface area contributed by atoms with Crippen LogP contribution in [-0.4, -0.2) is 22.8 Å². The second-order valence-electron chi connectivity index (χ2n) is 5.97. The van der Waals surface area contributed by atoms with Crippen molar-refractivity contribution in [3.8, 4) is 0 Å². The van der Waals surface area contributed by atoms with Crippen LogP contribution in [0.2, 0.25) is 0 Å². The van der Waals surface area contributed by atoms with Crippen LogP contribution in [0.3, 0.4) is 0 Å². The Bertz CT molecular complexity index is 639. The summed E-state index contributed by atoms with van der Waals surface area (Å²) in [4.78, 5) is 18.6. The molecule has 0 saturated heterocycles. The Balaban J connectivity index is 1.66. The fraction of sp³-hybridized carbons (Fsp3) is 0.368. The van der Waals surface area contributed by atoms with Gasteiger partial charge in [-0.1, -0.05) is 30.3 Å². The Morgan fingerprint density at radius 2 is 2.14 bits per heavy atom. The molecule has 0 spiro atoms. The van der Waals surface area contributed by atoms with Crippen molar-refractivity contribution < 1.29 is 4.79 Å². The molecule has 0 bridgehead atoms. The lowest BCUT2D eigenvalue weighted by atomic mass is 9.87. The highest BCUT2D eigenvalue weighted by Crippen LogP contribution is 2.33. The summed E-state index contributed by atoms with van der Waals surface area (Å²) in [7, 11) is 1.94. The number of aromatic nitrogens is 1. The highest BCUT2D eigenvalue weighted by molar-refractivity contribution is 5.76. The van der Waals surface area contributed by atoms with Gasteiger partial charge in [0.15, 0.2) is 0 Å². The molecule has 3 rings (SSSR count). The number of benzene rings is 1.